The van der Waals surface area contributed by atoms with Gasteiger partial charge in [0.05, 0.1) is 16.7 Å². The second-order valence-electron chi connectivity index (χ2n) is 8.33. The number of carbonyl (C=O) groups excluding carboxylic acids is 3. The Morgan fingerprint density at radius 1 is 0.795 bits per heavy atom. The first-order valence-corrected chi connectivity index (χ1v) is 11.7. The van der Waals surface area contributed by atoms with Gasteiger partial charge in [-0.15, -0.1) is 0 Å². The third kappa shape index (κ3) is 6.98. The van der Waals surface area contributed by atoms with Gasteiger partial charge in [-0.05, 0) is 67.6 Å². The molecule has 0 unspecified atom stereocenters. The molecule has 10 nitrogen and oxygen atoms in total. The average molecular weight is 523 g/mol. The minimum absolute atomic E-state index is 0.138. The van der Waals surface area contributed by atoms with Gasteiger partial charge in [-0.3, -0.25) is 19.7 Å². The van der Waals surface area contributed by atoms with Gasteiger partial charge in [-0.2, -0.15) is 5.10 Å². The van der Waals surface area contributed by atoms with Crippen LogP contribution in [0.1, 0.15) is 42.2 Å². The summed E-state index contributed by atoms with van der Waals surface area (Å²) in [6.07, 6.45) is 1.33. The number of benzene rings is 4. The Kier molecular flexibility index (Phi) is 8.17. The first kappa shape index (κ1) is 26.4. The number of nitro benzene ring substituents is 1. The van der Waals surface area contributed by atoms with E-state index >= 15 is 0 Å². The van der Waals surface area contributed by atoms with Gasteiger partial charge in [0.25, 0.3) is 17.5 Å². The highest BCUT2D eigenvalue weighted by molar-refractivity contribution is 6.04. The third-order valence-corrected chi connectivity index (χ3v) is 5.52. The van der Waals surface area contributed by atoms with E-state index in [1.165, 1.54) is 30.5 Å². The van der Waals surface area contributed by atoms with Crippen LogP contribution in [0.4, 0.5) is 11.4 Å². The molecular weight excluding hydrogens is 500 g/mol. The van der Waals surface area contributed by atoms with Gasteiger partial charge in [0.15, 0.2) is 0 Å². The molecule has 0 saturated carbocycles. The van der Waals surface area contributed by atoms with Crippen LogP contribution in [0.25, 0.3) is 0 Å². The van der Waals surface area contributed by atoms with Crippen LogP contribution in [0.5, 0.6) is 5.75 Å². The lowest BCUT2D eigenvalue weighted by molar-refractivity contribution is -0.384. The van der Waals surface area contributed by atoms with Crippen molar-refractivity contribution in [3.63, 3.8) is 0 Å². The van der Waals surface area contributed by atoms with E-state index < -0.39 is 16.8 Å². The lowest BCUT2D eigenvalue weighted by Gasteiger charge is -2.08. The Hall–Kier alpha value is -5.64. The van der Waals surface area contributed by atoms with Gasteiger partial charge in [0, 0.05) is 34.5 Å². The molecule has 0 radical (unpaired) electrons. The van der Waals surface area contributed by atoms with Crippen molar-refractivity contribution in [2.24, 2.45) is 5.10 Å². The maximum Gasteiger partial charge on any atom is 0.343 e. The molecule has 0 aromatic heterocycles. The highest BCUT2D eigenvalue weighted by atomic mass is 16.6. The van der Waals surface area contributed by atoms with Gasteiger partial charge in [0.1, 0.15) is 5.75 Å². The first-order valence-electron chi connectivity index (χ1n) is 11.7. The zero-order valence-corrected chi connectivity index (χ0v) is 20.7. The molecule has 0 aliphatic heterocycles. The van der Waals surface area contributed by atoms with Gasteiger partial charge >= 0.3 is 5.97 Å². The molecule has 0 aliphatic carbocycles. The minimum Gasteiger partial charge on any atom is -0.422 e. The molecule has 39 heavy (non-hydrogen) atoms. The Balaban J connectivity index is 1.35. The van der Waals surface area contributed by atoms with E-state index in [2.05, 4.69) is 15.8 Å². The Morgan fingerprint density at radius 3 is 2.05 bits per heavy atom. The molecule has 0 bridgehead atoms. The van der Waals surface area contributed by atoms with E-state index in [-0.39, 0.29) is 22.9 Å². The fourth-order valence-corrected chi connectivity index (χ4v) is 3.40. The number of para-hydroxylation sites is 1. The molecule has 4 aromatic carbocycles. The maximum atomic E-state index is 12.5. The number of hydrogen-bond donors (Lipinski definition) is 2. The highest BCUT2D eigenvalue weighted by Crippen LogP contribution is 2.19. The minimum atomic E-state index is -0.704. The van der Waals surface area contributed by atoms with Gasteiger partial charge < -0.3 is 10.1 Å². The average Bonchev–Trinajstić information content (AvgIpc) is 2.94. The predicted octanol–water partition coefficient (Wildman–Crippen LogP) is 5.14. The van der Waals surface area contributed by atoms with E-state index in [9.17, 15) is 24.5 Å². The van der Waals surface area contributed by atoms with Gasteiger partial charge in [0.2, 0.25) is 0 Å². The molecular formula is C29H22N4O6. The van der Waals surface area contributed by atoms with Crippen LogP contribution in [0.15, 0.2) is 102 Å². The normalized spacial score (nSPS) is 10.6. The van der Waals surface area contributed by atoms with E-state index in [1.807, 2.05) is 19.1 Å². The van der Waals surface area contributed by atoms with Crippen LogP contribution in [0, 0.1) is 17.0 Å². The largest absolute Gasteiger partial charge is 0.422 e. The topological polar surface area (TPSA) is 140 Å². The third-order valence-electron chi connectivity index (χ3n) is 5.52. The molecule has 194 valence electrons. The Morgan fingerprint density at radius 2 is 1.38 bits per heavy atom. The van der Waals surface area contributed by atoms with E-state index in [0.717, 1.165) is 5.56 Å². The summed E-state index contributed by atoms with van der Waals surface area (Å²) in [6, 6.07) is 25.1. The van der Waals surface area contributed by atoms with E-state index in [4.69, 9.17) is 4.74 Å². The monoisotopic (exact) mass is 522 g/mol. The number of non-ortho nitro benzene ring substituents is 1. The van der Waals surface area contributed by atoms with Crippen LogP contribution >= 0.6 is 0 Å². The fraction of sp³-hybridized carbons (Fsp3) is 0.0345. The summed E-state index contributed by atoms with van der Waals surface area (Å²) in [5.74, 6) is -1.26. The van der Waals surface area contributed by atoms with E-state index in [0.29, 0.717) is 22.4 Å². The number of hydrogen-bond acceptors (Lipinski definition) is 7. The van der Waals surface area contributed by atoms with Gasteiger partial charge in [-0.25, -0.2) is 10.2 Å². The Bertz CT molecular complexity index is 1550. The van der Waals surface area contributed by atoms with Crippen molar-refractivity contribution in [1.29, 1.82) is 0 Å². The summed E-state index contributed by atoms with van der Waals surface area (Å²) < 4.78 is 5.41. The number of nitrogens with zero attached hydrogens (tertiary/aromatic N) is 2. The summed E-state index contributed by atoms with van der Waals surface area (Å²) in [5.41, 5.74) is 5.25. The van der Waals surface area contributed by atoms with Crippen LogP contribution in [0.2, 0.25) is 0 Å². The van der Waals surface area contributed by atoms with Crippen molar-refractivity contribution in [2.45, 2.75) is 6.92 Å². The SMILES string of the molecule is Cc1ccc(C(=O)Nc2ccc(C(=O)N/N=C\c3ccccc3OC(=O)c3ccc([N+](=O)[O-])cc3)cc2)cc1. The van der Waals surface area contributed by atoms with Crippen molar-refractivity contribution in [3.8, 4) is 5.75 Å². The molecule has 0 spiro atoms. The molecule has 2 N–H and O–H groups in total. The summed E-state index contributed by atoms with van der Waals surface area (Å²) in [7, 11) is 0. The van der Waals surface area contributed by atoms with Gasteiger partial charge in [-0.1, -0.05) is 29.8 Å². The van der Waals surface area contributed by atoms with Crippen LogP contribution in [-0.4, -0.2) is 28.9 Å². The molecule has 10 heteroatoms. The summed E-state index contributed by atoms with van der Waals surface area (Å²) in [5, 5.41) is 17.5. The molecule has 4 rings (SSSR count). The summed E-state index contributed by atoms with van der Waals surface area (Å²) in [4.78, 5) is 47.6. The zero-order valence-electron chi connectivity index (χ0n) is 20.7. The number of carbonyl (C=O) groups is 3. The second-order valence-corrected chi connectivity index (χ2v) is 8.33. The maximum absolute atomic E-state index is 12.5. The lowest BCUT2D eigenvalue weighted by Crippen LogP contribution is -2.18. The summed E-state index contributed by atoms with van der Waals surface area (Å²) in [6.45, 7) is 1.94. The smallest absolute Gasteiger partial charge is 0.343 e. The number of hydrazone groups is 1. The number of anilines is 1. The van der Waals surface area contributed by atoms with E-state index in [1.54, 1.807) is 60.7 Å². The number of nitrogens with one attached hydrogen (secondary N) is 2. The van der Waals surface area contributed by atoms with Crippen molar-refractivity contribution < 1.29 is 24.0 Å². The van der Waals surface area contributed by atoms with Crippen molar-refractivity contribution in [1.82, 2.24) is 5.43 Å². The van der Waals surface area contributed by atoms with Crippen molar-refractivity contribution in [3.05, 3.63) is 135 Å². The van der Waals surface area contributed by atoms with Crippen LogP contribution in [-0.2, 0) is 0 Å². The number of nitro groups is 1. The molecule has 0 aliphatic rings. The highest BCUT2D eigenvalue weighted by Gasteiger charge is 2.13. The summed E-state index contributed by atoms with van der Waals surface area (Å²) >= 11 is 0. The number of amides is 2. The molecule has 0 heterocycles. The molecule has 0 saturated heterocycles. The molecule has 0 fully saturated rings. The standard InChI is InChI=1S/C29H22N4O6/c1-19-6-8-20(9-7-19)27(34)31-24-14-10-21(11-15-24)28(35)32-30-18-23-4-2-3-5-26(23)39-29(36)22-12-16-25(17-13-22)33(37)38/h2-18H,1H3,(H,31,34)(H,32,35)/b30-18-. The Labute approximate surface area is 223 Å². The van der Waals surface area contributed by atoms with Crippen molar-refractivity contribution >= 4 is 35.4 Å². The fourth-order valence-electron chi connectivity index (χ4n) is 3.40. The number of aryl methyl sites for hydroxylation is 1. The molecule has 2 amide bonds. The first-order chi connectivity index (χ1) is 18.8. The second kappa shape index (κ2) is 12.1. The van der Waals surface area contributed by atoms with Crippen molar-refractivity contribution in [2.75, 3.05) is 5.32 Å². The predicted molar refractivity (Wildman–Crippen MR) is 145 cm³/mol. The number of ether oxygens (including phenoxy) is 1. The molecule has 4 aromatic rings. The number of rotatable bonds is 8. The number of esters is 1. The van der Waals surface area contributed by atoms with Crippen LogP contribution < -0.4 is 15.5 Å². The van der Waals surface area contributed by atoms with Crippen LogP contribution in [0.3, 0.4) is 0 Å². The molecule has 0 atom stereocenters. The lowest BCUT2D eigenvalue weighted by atomic mass is 10.1. The zero-order chi connectivity index (χ0) is 27.8. The quantitative estimate of drug-likeness (QED) is 0.108.